The zero-order valence-electron chi connectivity index (χ0n) is 29.6. The van der Waals surface area contributed by atoms with Crippen molar-refractivity contribution in [1.29, 1.82) is 0 Å². The zero-order chi connectivity index (χ0) is 35.4. The van der Waals surface area contributed by atoms with Crippen molar-refractivity contribution in [2.45, 2.75) is 12.3 Å². The summed E-state index contributed by atoms with van der Waals surface area (Å²) in [5.41, 5.74) is 0. The van der Waals surface area contributed by atoms with Crippen LogP contribution in [0, 0.1) is 0 Å². The van der Waals surface area contributed by atoms with Crippen LogP contribution in [0.3, 0.4) is 0 Å². The van der Waals surface area contributed by atoms with E-state index in [0.717, 1.165) is 0 Å². The summed E-state index contributed by atoms with van der Waals surface area (Å²) in [7, 11) is 0. The SMILES string of the molecule is CC(P(c1ccccc1)(c1ccccc1)(c1ccccc1)c1ccccc1)P(c1ccccc1)(c1ccccc1)(c1ccccc1)c1ccccc1. The van der Waals surface area contributed by atoms with E-state index < -0.39 is 13.2 Å². The summed E-state index contributed by atoms with van der Waals surface area (Å²) >= 11 is 0. The van der Waals surface area contributed by atoms with Gasteiger partial charge in [-0.15, -0.1) is 0 Å². The molecule has 0 spiro atoms. The molecule has 8 aromatic rings. The second-order valence-corrected chi connectivity index (χ2v) is 24.5. The van der Waals surface area contributed by atoms with Gasteiger partial charge in [-0.25, -0.2) is 0 Å². The van der Waals surface area contributed by atoms with Gasteiger partial charge >= 0.3 is 311 Å². The fourth-order valence-corrected chi connectivity index (χ4v) is 30.1. The van der Waals surface area contributed by atoms with Gasteiger partial charge in [0.15, 0.2) is 0 Å². The molecular weight excluding hydrogens is 662 g/mol. The van der Waals surface area contributed by atoms with Crippen LogP contribution in [0.2, 0.25) is 0 Å². The summed E-state index contributed by atoms with van der Waals surface area (Å²) in [6.07, 6.45) is 0. The molecule has 254 valence electrons. The van der Waals surface area contributed by atoms with Crippen molar-refractivity contribution >= 4 is 55.6 Å². The van der Waals surface area contributed by atoms with Crippen LogP contribution < -0.4 is 42.4 Å². The first-order valence-corrected chi connectivity index (χ1v) is 22.8. The van der Waals surface area contributed by atoms with Crippen molar-refractivity contribution in [2.24, 2.45) is 0 Å². The number of hydrogen-bond donors (Lipinski definition) is 0. The fourth-order valence-electron chi connectivity index (χ4n) is 9.88. The summed E-state index contributed by atoms with van der Waals surface area (Å²) in [4.78, 5) is 0. The number of rotatable bonds is 10. The molecule has 0 aliphatic carbocycles. The summed E-state index contributed by atoms with van der Waals surface area (Å²) in [5.74, 6) is 0. The second kappa shape index (κ2) is 13.6. The van der Waals surface area contributed by atoms with Gasteiger partial charge in [0.2, 0.25) is 0 Å². The van der Waals surface area contributed by atoms with Gasteiger partial charge in [0.1, 0.15) is 0 Å². The standard InChI is InChI=1S/C50H44P2/c1-42(51(43-26-10-2-11-27-43,44-28-12-3-13-29-44,45-30-14-4-15-31-45)46-32-16-5-17-33-46)52(47-34-18-6-19-35-47,48-36-20-7-21-37-48,49-38-22-8-23-39-49)50-40-24-9-25-41-50/h2-42H,1H3. The molecule has 0 saturated heterocycles. The van der Waals surface area contributed by atoms with Crippen molar-refractivity contribution in [1.82, 2.24) is 0 Å². The summed E-state index contributed by atoms with van der Waals surface area (Å²) in [6, 6.07) is 92.3. The average molecular weight is 707 g/mol. The molecule has 8 rings (SSSR count). The Morgan fingerprint density at radius 3 is 0.442 bits per heavy atom. The van der Waals surface area contributed by atoms with Gasteiger partial charge in [0.05, 0.1) is 0 Å². The molecule has 0 bridgehead atoms. The molecule has 0 amide bonds. The van der Waals surface area contributed by atoms with Crippen LogP contribution in [0.15, 0.2) is 243 Å². The van der Waals surface area contributed by atoms with E-state index in [0.29, 0.717) is 0 Å². The third-order valence-electron chi connectivity index (χ3n) is 11.8. The van der Waals surface area contributed by atoms with Crippen LogP contribution in [-0.2, 0) is 0 Å². The molecule has 0 unspecified atom stereocenters. The second-order valence-electron chi connectivity index (χ2n) is 13.7. The van der Waals surface area contributed by atoms with Gasteiger partial charge in [-0.1, -0.05) is 0 Å². The quantitative estimate of drug-likeness (QED) is 0.125. The Kier molecular flexibility index (Phi) is 8.85. The van der Waals surface area contributed by atoms with Gasteiger partial charge < -0.3 is 0 Å². The van der Waals surface area contributed by atoms with Crippen LogP contribution in [0.1, 0.15) is 6.92 Å². The molecule has 0 atom stereocenters. The Hall–Kier alpha value is -5.38. The minimum atomic E-state index is -3.90. The molecule has 2 heteroatoms. The van der Waals surface area contributed by atoms with Crippen LogP contribution in [0.25, 0.3) is 0 Å². The van der Waals surface area contributed by atoms with Crippen molar-refractivity contribution < 1.29 is 0 Å². The van der Waals surface area contributed by atoms with Gasteiger partial charge in [-0.3, -0.25) is 0 Å². The van der Waals surface area contributed by atoms with Gasteiger partial charge in [0, 0.05) is 0 Å². The number of hydrogen-bond acceptors (Lipinski definition) is 0. The maximum atomic E-state index is 2.63. The van der Waals surface area contributed by atoms with Crippen molar-refractivity contribution in [3.63, 3.8) is 0 Å². The molecule has 0 saturated carbocycles. The van der Waals surface area contributed by atoms with Crippen LogP contribution in [0.4, 0.5) is 0 Å². The van der Waals surface area contributed by atoms with E-state index in [1.165, 1.54) is 42.4 Å². The van der Waals surface area contributed by atoms with Gasteiger partial charge in [0.25, 0.3) is 0 Å². The Labute approximate surface area is 309 Å². The molecule has 0 aliphatic heterocycles. The van der Waals surface area contributed by atoms with Crippen LogP contribution >= 0.6 is 13.2 Å². The fraction of sp³-hybridized carbons (Fsp3) is 0.0400. The van der Waals surface area contributed by atoms with Gasteiger partial charge in [-0.2, -0.15) is 0 Å². The molecule has 0 aliphatic rings. The Morgan fingerprint density at radius 2 is 0.327 bits per heavy atom. The Morgan fingerprint density at radius 1 is 0.212 bits per heavy atom. The third-order valence-corrected chi connectivity index (χ3v) is 28.6. The molecule has 0 fully saturated rings. The number of benzene rings is 8. The van der Waals surface area contributed by atoms with Gasteiger partial charge in [-0.05, 0) is 0 Å². The van der Waals surface area contributed by atoms with E-state index in [1.807, 2.05) is 0 Å². The summed E-state index contributed by atoms with van der Waals surface area (Å²) in [5, 5.41) is 10.8. The molecule has 52 heavy (non-hydrogen) atoms. The van der Waals surface area contributed by atoms with Crippen molar-refractivity contribution in [3.8, 4) is 0 Å². The first-order valence-electron chi connectivity index (χ1n) is 18.2. The molecule has 0 N–H and O–H groups in total. The maximum absolute atomic E-state index is 3.90. The van der Waals surface area contributed by atoms with E-state index in [-0.39, 0.29) is 5.40 Å². The Bertz CT molecular complexity index is 1840. The third kappa shape index (κ3) is 4.42. The topological polar surface area (TPSA) is 0 Å². The molecular formula is C50H44P2. The molecule has 0 radical (unpaired) electrons. The Balaban J connectivity index is 1.80. The molecule has 8 aromatic carbocycles. The monoisotopic (exact) mass is 706 g/mol. The molecule has 0 heterocycles. The van der Waals surface area contributed by atoms with E-state index in [2.05, 4.69) is 250 Å². The van der Waals surface area contributed by atoms with E-state index >= 15 is 0 Å². The predicted octanol–water partition coefficient (Wildman–Crippen LogP) is 9.04. The van der Waals surface area contributed by atoms with Crippen LogP contribution in [-0.4, -0.2) is 5.40 Å². The van der Waals surface area contributed by atoms with Crippen LogP contribution in [0.5, 0.6) is 0 Å². The zero-order valence-corrected chi connectivity index (χ0v) is 31.4. The van der Waals surface area contributed by atoms with E-state index in [4.69, 9.17) is 0 Å². The average Bonchev–Trinajstić information content (AvgIpc) is 3.25. The van der Waals surface area contributed by atoms with Crippen molar-refractivity contribution in [3.05, 3.63) is 243 Å². The first-order chi connectivity index (χ1) is 25.7. The van der Waals surface area contributed by atoms with E-state index in [1.54, 1.807) is 0 Å². The minimum absolute atomic E-state index is 0.0267. The molecule has 0 aromatic heterocycles. The molecule has 0 nitrogen and oxygen atoms in total. The predicted molar refractivity (Wildman–Crippen MR) is 232 cm³/mol. The van der Waals surface area contributed by atoms with Crippen molar-refractivity contribution in [2.75, 3.05) is 0 Å². The first kappa shape index (κ1) is 33.7. The summed E-state index contributed by atoms with van der Waals surface area (Å²) < 4.78 is 0. The summed E-state index contributed by atoms with van der Waals surface area (Å²) in [6.45, 7) is -5.17. The normalized spacial score (nSPS) is 13.9. The van der Waals surface area contributed by atoms with E-state index in [9.17, 15) is 0 Å².